The molecule has 0 fully saturated rings. The summed E-state index contributed by atoms with van der Waals surface area (Å²) in [5.41, 5.74) is 1.39. The second kappa shape index (κ2) is 4.49. The van der Waals surface area contributed by atoms with Gasteiger partial charge in [-0.15, -0.1) is 11.3 Å². The molecule has 0 atom stereocenters. The quantitative estimate of drug-likeness (QED) is 0.880. The number of hydrogen-bond donors (Lipinski definition) is 1. The van der Waals surface area contributed by atoms with E-state index in [0.717, 1.165) is 10.6 Å². The predicted octanol–water partition coefficient (Wildman–Crippen LogP) is 1.72. The molecule has 0 aliphatic rings. The fourth-order valence-electron chi connectivity index (χ4n) is 1.50. The van der Waals surface area contributed by atoms with Crippen LogP contribution in [0.2, 0.25) is 0 Å². The molecule has 5 heteroatoms. The molecule has 16 heavy (non-hydrogen) atoms. The lowest BCUT2D eigenvalue weighted by atomic mass is 10.2. The van der Waals surface area contributed by atoms with Crippen molar-refractivity contribution in [2.75, 3.05) is 0 Å². The van der Waals surface area contributed by atoms with Crippen molar-refractivity contribution in [2.45, 2.75) is 13.5 Å². The van der Waals surface area contributed by atoms with Crippen LogP contribution in [-0.4, -0.2) is 15.7 Å². The van der Waals surface area contributed by atoms with Gasteiger partial charge in [0.15, 0.2) is 0 Å². The Kier molecular flexibility index (Phi) is 3.05. The zero-order chi connectivity index (χ0) is 11.5. The van der Waals surface area contributed by atoms with E-state index in [9.17, 15) is 4.79 Å². The molecular formula is C11H13N3OS. The van der Waals surface area contributed by atoms with Crippen LogP contribution in [0.15, 0.2) is 23.7 Å². The van der Waals surface area contributed by atoms with Crippen molar-refractivity contribution in [1.29, 1.82) is 0 Å². The second-order valence-electron chi connectivity index (χ2n) is 3.56. The van der Waals surface area contributed by atoms with Crippen molar-refractivity contribution < 1.29 is 4.79 Å². The summed E-state index contributed by atoms with van der Waals surface area (Å²) in [6.07, 6.45) is 1.74. The van der Waals surface area contributed by atoms with E-state index in [1.165, 1.54) is 0 Å². The van der Waals surface area contributed by atoms with Crippen LogP contribution < -0.4 is 5.32 Å². The maximum atomic E-state index is 11.8. The lowest BCUT2D eigenvalue weighted by Gasteiger charge is -2.01. The van der Waals surface area contributed by atoms with Crippen LogP contribution in [0.5, 0.6) is 0 Å². The summed E-state index contributed by atoms with van der Waals surface area (Å²) in [7, 11) is 1.81. The number of aryl methyl sites for hydroxylation is 2. The van der Waals surface area contributed by atoms with Gasteiger partial charge in [0, 0.05) is 18.1 Å². The molecule has 1 amide bonds. The number of amides is 1. The summed E-state index contributed by atoms with van der Waals surface area (Å²) in [6, 6.07) is 3.97. The molecule has 2 rings (SSSR count). The highest BCUT2D eigenvalue weighted by Crippen LogP contribution is 2.09. The van der Waals surface area contributed by atoms with Crippen LogP contribution >= 0.6 is 11.3 Å². The molecule has 0 aliphatic carbocycles. The molecule has 1 N–H and O–H groups in total. The average Bonchev–Trinajstić information content (AvgIpc) is 2.84. The Labute approximate surface area is 97.9 Å². The van der Waals surface area contributed by atoms with Crippen LogP contribution in [0.25, 0.3) is 0 Å². The molecule has 0 aliphatic heterocycles. The van der Waals surface area contributed by atoms with E-state index in [-0.39, 0.29) is 5.91 Å². The maximum Gasteiger partial charge on any atom is 0.255 e. The van der Waals surface area contributed by atoms with E-state index in [1.54, 1.807) is 22.2 Å². The Morgan fingerprint density at radius 2 is 2.44 bits per heavy atom. The molecule has 0 aromatic carbocycles. The number of carbonyl (C=O) groups excluding carboxylic acids is 1. The third-order valence-electron chi connectivity index (χ3n) is 2.26. The molecule has 0 saturated heterocycles. The van der Waals surface area contributed by atoms with E-state index in [2.05, 4.69) is 10.4 Å². The number of aromatic nitrogens is 2. The van der Waals surface area contributed by atoms with Gasteiger partial charge in [-0.3, -0.25) is 9.48 Å². The number of rotatable bonds is 3. The van der Waals surface area contributed by atoms with Crippen LogP contribution in [0, 0.1) is 6.92 Å². The molecule has 2 heterocycles. The second-order valence-corrected chi connectivity index (χ2v) is 4.60. The lowest BCUT2D eigenvalue weighted by Crippen LogP contribution is -2.22. The topological polar surface area (TPSA) is 46.9 Å². The number of hydrogen-bond acceptors (Lipinski definition) is 3. The van der Waals surface area contributed by atoms with Gasteiger partial charge >= 0.3 is 0 Å². The smallest absolute Gasteiger partial charge is 0.255 e. The Hall–Kier alpha value is -1.62. The first-order valence-corrected chi connectivity index (χ1v) is 5.85. The number of nitrogens with one attached hydrogen (secondary N) is 1. The monoisotopic (exact) mass is 235 g/mol. The zero-order valence-electron chi connectivity index (χ0n) is 9.23. The zero-order valence-corrected chi connectivity index (χ0v) is 10.0. The van der Waals surface area contributed by atoms with Crippen LogP contribution in [0.3, 0.4) is 0 Å². The van der Waals surface area contributed by atoms with Gasteiger partial charge in [0.1, 0.15) is 0 Å². The van der Waals surface area contributed by atoms with Crippen LogP contribution in [0.1, 0.15) is 20.9 Å². The van der Waals surface area contributed by atoms with Crippen molar-refractivity contribution in [3.8, 4) is 0 Å². The molecule has 0 spiro atoms. The number of thiophene rings is 1. The van der Waals surface area contributed by atoms with Crippen molar-refractivity contribution in [3.63, 3.8) is 0 Å². The van der Waals surface area contributed by atoms with E-state index < -0.39 is 0 Å². The Morgan fingerprint density at radius 3 is 3.00 bits per heavy atom. The predicted molar refractivity (Wildman–Crippen MR) is 63.4 cm³/mol. The van der Waals surface area contributed by atoms with Gasteiger partial charge in [-0.2, -0.15) is 5.10 Å². The van der Waals surface area contributed by atoms with Crippen LogP contribution in [-0.2, 0) is 13.6 Å². The maximum absolute atomic E-state index is 11.8. The molecule has 4 nitrogen and oxygen atoms in total. The van der Waals surface area contributed by atoms with E-state index in [0.29, 0.717) is 12.1 Å². The molecule has 0 radical (unpaired) electrons. The first-order valence-electron chi connectivity index (χ1n) is 4.97. The molecule has 84 valence electrons. The molecular weight excluding hydrogens is 222 g/mol. The highest BCUT2D eigenvalue weighted by molar-refractivity contribution is 7.09. The van der Waals surface area contributed by atoms with Gasteiger partial charge < -0.3 is 5.32 Å². The van der Waals surface area contributed by atoms with E-state index in [4.69, 9.17) is 0 Å². The fourth-order valence-corrected chi connectivity index (χ4v) is 2.14. The minimum atomic E-state index is -0.0704. The van der Waals surface area contributed by atoms with Crippen molar-refractivity contribution in [3.05, 3.63) is 39.8 Å². The largest absolute Gasteiger partial charge is 0.347 e. The third kappa shape index (κ3) is 2.30. The first kappa shape index (κ1) is 10.9. The van der Waals surface area contributed by atoms with Gasteiger partial charge in [0.05, 0.1) is 17.8 Å². The SMILES string of the molecule is Cc1nn(C)cc1C(=O)NCc1cccs1. The number of carbonyl (C=O) groups is 1. The Morgan fingerprint density at radius 1 is 1.62 bits per heavy atom. The standard InChI is InChI=1S/C11H13N3OS/c1-8-10(7-14(2)13-8)11(15)12-6-9-4-3-5-16-9/h3-5,7H,6H2,1-2H3,(H,12,15). The minimum absolute atomic E-state index is 0.0704. The minimum Gasteiger partial charge on any atom is -0.347 e. The van der Waals surface area contributed by atoms with Gasteiger partial charge in [-0.25, -0.2) is 0 Å². The first-order chi connectivity index (χ1) is 7.66. The molecule has 0 bridgehead atoms. The van der Waals surface area contributed by atoms with Gasteiger partial charge in [0.25, 0.3) is 5.91 Å². The summed E-state index contributed by atoms with van der Waals surface area (Å²) in [5, 5.41) is 9.01. The normalized spacial score (nSPS) is 10.4. The summed E-state index contributed by atoms with van der Waals surface area (Å²) in [6.45, 7) is 2.41. The molecule has 0 saturated carbocycles. The lowest BCUT2D eigenvalue weighted by molar-refractivity contribution is 0.0950. The summed E-state index contributed by atoms with van der Waals surface area (Å²) >= 11 is 1.63. The summed E-state index contributed by atoms with van der Waals surface area (Å²) < 4.78 is 1.65. The Balaban J connectivity index is 2.01. The average molecular weight is 235 g/mol. The van der Waals surface area contributed by atoms with E-state index in [1.807, 2.05) is 31.5 Å². The van der Waals surface area contributed by atoms with Gasteiger partial charge in [-0.05, 0) is 18.4 Å². The van der Waals surface area contributed by atoms with Crippen molar-refractivity contribution >= 4 is 17.2 Å². The van der Waals surface area contributed by atoms with E-state index >= 15 is 0 Å². The van der Waals surface area contributed by atoms with Crippen LogP contribution in [0.4, 0.5) is 0 Å². The fraction of sp³-hybridized carbons (Fsp3) is 0.273. The molecule has 2 aromatic heterocycles. The highest BCUT2D eigenvalue weighted by Gasteiger charge is 2.11. The Bertz CT molecular complexity index is 487. The summed E-state index contributed by atoms with van der Waals surface area (Å²) in [5.74, 6) is -0.0704. The molecule has 2 aromatic rings. The van der Waals surface area contributed by atoms with Gasteiger partial charge in [0.2, 0.25) is 0 Å². The highest BCUT2D eigenvalue weighted by atomic mass is 32.1. The van der Waals surface area contributed by atoms with Gasteiger partial charge in [-0.1, -0.05) is 6.07 Å². The van der Waals surface area contributed by atoms with Crippen molar-refractivity contribution in [2.24, 2.45) is 7.05 Å². The number of nitrogens with zero attached hydrogens (tertiary/aromatic N) is 2. The summed E-state index contributed by atoms with van der Waals surface area (Å²) in [4.78, 5) is 13.0. The third-order valence-corrected chi connectivity index (χ3v) is 3.14. The molecule has 0 unspecified atom stereocenters. The van der Waals surface area contributed by atoms with Crippen molar-refractivity contribution in [1.82, 2.24) is 15.1 Å².